The minimum Gasteiger partial charge on any atom is -0.455 e. The molecule has 1 nitrogen and oxygen atoms in total. The summed E-state index contributed by atoms with van der Waals surface area (Å²) in [7, 11) is 0. The van der Waals surface area contributed by atoms with Gasteiger partial charge in [-0.3, -0.25) is 0 Å². The van der Waals surface area contributed by atoms with Gasteiger partial charge in [-0.15, -0.1) is 0 Å². The zero-order valence-corrected chi connectivity index (χ0v) is 34.2. The summed E-state index contributed by atoms with van der Waals surface area (Å²) in [5.41, 5.74) is 19.6. The van der Waals surface area contributed by atoms with Gasteiger partial charge in [-0.05, 0) is 112 Å². The van der Waals surface area contributed by atoms with Crippen LogP contribution in [0.1, 0.15) is 44.5 Å². The minimum atomic E-state index is -0.614. The van der Waals surface area contributed by atoms with Gasteiger partial charge in [0.2, 0.25) is 0 Å². The van der Waals surface area contributed by atoms with Crippen molar-refractivity contribution in [1.29, 1.82) is 0 Å². The summed E-state index contributed by atoms with van der Waals surface area (Å²) < 4.78 is 7.25. The SMILES string of the molecule is c1ccc2c(c1)-c1ccc(-c3ccc4c(c3)C3(c5ccccc5-4)c4ccccc4-c4c3ccc3ccccc43)cc1C21c2ccc3ccccc3c2Oc2c1ccc1ccccc21. The normalized spacial score (nSPS) is 16.3. The first kappa shape index (κ1) is 33.7. The molecule has 4 aliphatic rings. The molecule has 1 unspecified atom stereocenters. The summed E-state index contributed by atoms with van der Waals surface area (Å²) in [5.74, 6) is 1.88. The number of hydrogen-bond acceptors (Lipinski definition) is 1. The number of ether oxygens (including phenoxy) is 1. The van der Waals surface area contributed by atoms with Crippen LogP contribution in [0.3, 0.4) is 0 Å². The Labute approximate surface area is 365 Å². The van der Waals surface area contributed by atoms with Crippen molar-refractivity contribution < 1.29 is 4.74 Å². The quantitative estimate of drug-likeness (QED) is 0.161. The average Bonchev–Trinajstić information content (AvgIpc) is 3.94. The summed E-state index contributed by atoms with van der Waals surface area (Å²) in [6.45, 7) is 0. The van der Waals surface area contributed by atoms with Crippen molar-refractivity contribution >= 4 is 32.3 Å². The highest BCUT2D eigenvalue weighted by Gasteiger charge is 2.54. The summed E-state index contributed by atoms with van der Waals surface area (Å²) >= 11 is 0. The van der Waals surface area contributed by atoms with Crippen molar-refractivity contribution in [3.8, 4) is 56.0 Å². The molecule has 11 aromatic carbocycles. The van der Waals surface area contributed by atoms with Crippen molar-refractivity contribution in [1.82, 2.24) is 0 Å². The molecule has 11 aromatic rings. The smallest absolute Gasteiger partial charge is 0.140 e. The first-order chi connectivity index (χ1) is 31.2. The van der Waals surface area contributed by atoms with Crippen LogP contribution in [0.5, 0.6) is 11.5 Å². The average molecular weight is 797 g/mol. The maximum absolute atomic E-state index is 7.25. The Morgan fingerprint density at radius 1 is 0.254 bits per heavy atom. The van der Waals surface area contributed by atoms with E-state index in [0.717, 1.165) is 22.3 Å². The first-order valence-corrected chi connectivity index (χ1v) is 22.1. The van der Waals surface area contributed by atoms with E-state index in [4.69, 9.17) is 4.74 Å². The molecule has 15 rings (SSSR count). The van der Waals surface area contributed by atoms with Gasteiger partial charge in [0.05, 0.1) is 10.8 Å². The highest BCUT2D eigenvalue weighted by molar-refractivity contribution is 6.07. The molecular formula is C62H36O. The van der Waals surface area contributed by atoms with Crippen LogP contribution in [0.2, 0.25) is 0 Å². The molecule has 1 atom stereocenters. The van der Waals surface area contributed by atoms with E-state index in [1.165, 1.54) is 111 Å². The lowest BCUT2D eigenvalue weighted by molar-refractivity contribution is 0.447. The molecule has 2 spiro atoms. The van der Waals surface area contributed by atoms with Gasteiger partial charge in [0.15, 0.2) is 0 Å². The largest absolute Gasteiger partial charge is 0.455 e. The Morgan fingerprint density at radius 3 is 1.17 bits per heavy atom. The molecule has 290 valence electrons. The standard InChI is InChI=1S/C62H36O/c1-4-16-42-37(13-1)27-32-53-58(42)49-21-9-12-24-52(49)61(53)50-22-10-7-19-45(50)47-30-25-40(35-56(47)61)41-26-31-48-46-20-8-11-23-51(46)62(57(48)36-41)54-33-28-38-14-2-5-17-43(38)59(54)63-60-44-18-6-3-15-39(44)29-34-55(60)62/h1-36H. The third-order valence-electron chi connectivity index (χ3n) is 15.1. The molecule has 1 heterocycles. The van der Waals surface area contributed by atoms with Crippen molar-refractivity contribution in [3.05, 3.63) is 263 Å². The molecule has 63 heavy (non-hydrogen) atoms. The van der Waals surface area contributed by atoms with Gasteiger partial charge in [-0.1, -0.05) is 206 Å². The number of fused-ring (bicyclic) bond motifs is 25. The molecule has 0 bridgehead atoms. The maximum atomic E-state index is 7.25. The van der Waals surface area contributed by atoms with Gasteiger partial charge >= 0.3 is 0 Å². The van der Waals surface area contributed by atoms with Gasteiger partial charge in [-0.2, -0.15) is 0 Å². The topological polar surface area (TPSA) is 9.23 Å². The fourth-order valence-corrected chi connectivity index (χ4v) is 12.7. The van der Waals surface area contributed by atoms with Crippen LogP contribution in [0.15, 0.2) is 218 Å². The zero-order chi connectivity index (χ0) is 41.0. The highest BCUT2D eigenvalue weighted by atomic mass is 16.5. The predicted molar refractivity (Wildman–Crippen MR) is 258 cm³/mol. The monoisotopic (exact) mass is 796 g/mol. The second kappa shape index (κ2) is 11.9. The molecule has 3 aliphatic carbocycles. The van der Waals surface area contributed by atoms with Crippen LogP contribution < -0.4 is 4.74 Å². The second-order valence-corrected chi connectivity index (χ2v) is 17.8. The van der Waals surface area contributed by atoms with Crippen LogP contribution in [-0.4, -0.2) is 0 Å². The van der Waals surface area contributed by atoms with E-state index < -0.39 is 10.8 Å². The fraction of sp³-hybridized carbons (Fsp3) is 0.0323. The molecule has 0 N–H and O–H groups in total. The molecule has 0 amide bonds. The van der Waals surface area contributed by atoms with E-state index in [-0.39, 0.29) is 0 Å². The molecule has 0 saturated heterocycles. The van der Waals surface area contributed by atoms with Crippen molar-refractivity contribution in [3.63, 3.8) is 0 Å². The Balaban J connectivity index is 1.02. The molecule has 0 aromatic heterocycles. The molecular weight excluding hydrogens is 761 g/mol. The van der Waals surface area contributed by atoms with E-state index in [1.807, 2.05) is 0 Å². The van der Waals surface area contributed by atoms with E-state index in [0.29, 0.717) is 0 Å². The first-order valence-electron chi connectivity index (χ1n) is 22.1. The van der Waals surface area contributed by atoms with Crippen molar-refractivity contribution in [2.24, 2.45) is 0 Å². The minimum absolute atomic E-state index is 0.452. The summed E-state index contributed by atoms with van der Waals surface area (Å²) in [6, 6.07) is 82.1. The van der Waals surface area contributed by atoms with E-state index >= 15 is 0 Å². The summed E-state index contributed by atoms with van der Waals surface area (Å²) in [6.07, 6.45) is 0. The van der Waals surface area contributed by atoms with Gasteiger partial charge in [0.25, 0.3) is 0 Å². The molecule has 0 fully saturated rings. The van der Waals surface area contributed by atoms with Crippen LogP contribution in [0, 0.1) is 0 Å². The van der Waals surface area contributed by atoms with Crippen LogP contribution in [0.4, 0.5) is 0 Å². The van der Waals surface area contributed by atoms with E-state index in [2.05, 4.69) is 218 Å². The van der Waals surface area contributed by atoms with Crippen LogP contribution in [0.25, 0.3) is 76.8 Å². The molecule has 1 aliphatic heterocycles. The maximum Gasteiger partial charge on any atom is 0.140 e. The lowest BCUT2D eigenvalue weighted by atomic mass is 9.65. The van der Waals surface area contributed by atoms with Crippen molar-refractivity contribution in [2.45, 2.75) is 10.8 Å². The Morgan fingerprint density at radius 2 is 0.635 bits per heavy atom. The molecule has 0 saturated carbocycles. The molecule has 1 heteroatoms. The highest BCUT2D eigenvalue weighted by Crippen LogP contribution is 2.66. The Hall–Kier alpha value is -8.00. The fourth-order valence-electron chi connectivity index (χ4n) is 12.7. The van der Waals surface area contributed by atoms with Gasteiger partial charge in [0, 0.05) is 21.9 Å². The number of rotatable bonds is 1. The van der Waals surface area contributed by atoms with Gasteiger partial charge in [0.1, 0.15) is 11.5 Å². The van der Waals surface area contributed by atoms with Crippen molar-refractivity contribution in [2.75, 3.05) is 0 Å². The van der Waals surface area contributed by atoms with E-state index in [9.17, 15) is 0 Å². The number of benzene rings is 11. The van der Waals surface area contributed by atoms with E-state index in [1.54, 1.807) is 0 Å². The van der Waals surface area contributed by atoms with Crippen LogP contribution in [-0.2, 0) is 10.8 Å². The predicted octanol–water partition coefficient (Wildman–Crippen LogP) is 15.6. The Kier molecular flexibility index (Phi) is 6.35. The molecule has 0 radical (unpaired) electrons. The third-order valence-corrected chi connectivity index (χ3v) is 15.1. The lowest BCUT2D eigenvalue weighted by Gasteiger charge is -2.40. The second-order valence-electron chi connectivity index (χ2n) is 17.8. The van der Waals surface area contributed by atoms with Crippen LogP contribution >= 0.6 is 0 Å². The Bertz CT molecular complexity index is 3760. The third kappa shape index (κ3) is 4.00. The van der Waals surface area contributed by atoms with Gasteiger partial charge < -0.3 is 4.74 Å². The summed E-state index contributed by atoms with van der Waals surface area (Å²) in [4.78, 5) is 0. The zero-order valence-electron chi connectivity index (χ0n) is 34.2. The van der Waals surface area contributed by atoms with Gasteiger partial charge in [-0.25, -0.2) is 0 Å². The summed E-state index contributed by atoms with van der Waals surface area (Å²) in [5, 5.41) is 7.18. The lowest BCUT2D eigenvalue weighted by Crippen LogP contribution is -2.32. The number of hydrogen-bond donors (Lipinski definition) is 0.